The van der Waals surface area contributed by atoms with Crippen LogP contribution in [0.3, 0.4) is 0 Å². The first-order valence-corrected chi connectivity index (χ1v) is 15.3. The lowest BCUT2D eigenvalue weighted by atomic mass is 10.1. The Hall–Kier alpha value is -4.53. The number of hydrogen-bond acceptors (Lipinski definition) is 7. The number of likely N-dealkylation sites (N-methyl/N-ethyl adjacent to an activating group) is 2. The molecular weight excluding hydrogens is 622 g/mol. The predicted octanol–water partition coefficient (Wildman–Crippen LogP) is 2.68. The van der Waals surface area contributed by atoms with Gasteiger partial charge in [0.2, 0.25) is 23.6 Å². The third kappa shape index (κ3) is 6.94. The van der Waals surface area contributed by atoms with Gasteiger partial charge in [0.1, 0.15) is 17.7 Å². The number of aryl methyl sites for hydroxylation is 1. The molecule has 0 bridgehead atoms. The lowest BCUT2D eigenvalue weighted by Gasteiger charge is -2.48. The third-order valence-electron chi connectivity index (χ3n) is 8.95. The van der Waals surface area contributed by atoms with E-state index < -0.39 is 35.4 Å². The number of nitrogens with zero attached hydrogens (tertiary/aromatic N) is 7. The fraction of sp³-hybridized carbons (Fsp3) is 0.469. The number of benzene rings is 1. The van der Waals surface area contributed by atoms with Crippen molar-refractivity contribution in [3.8, 4) is 0 Å². The zero-order chi connectivity index (χ0) is 34.2. The average molecular weight is 660 g/mol. The number of aromatic nitrogens is 1. The summed E-state index contributed by atoms with van der Waals surface area (Å²) < 4.78 is 56.0. The molecular formula is C32H37F4N7O4. The Labute approximate surface area is 270 Å². The molecule has 15 heteroatoms. The second-order valence-corrected chi connectivity index (χ2v) is 12.1. The lowest BCUT2D eigenvalue weighted by molar-refractivity contribution is -0.138. The minimum absolute atomic E-state index is 0.0132. The zero-order valence-corrected chi connectivity index (χ0v) is 26.5. The van der Waals surface area contributed by atoms with Gasteiger partial charge in [-0.1, -0.05) is 12.6 Å². The van der Waals surface area contributed by atoms with Crippen LogP contribution in [-0.2, 0) is 25.4 Å². The molecule has 47 heavy (non-hydrogen) atoms. The molecule has 0 N–H and O–H groups in total. The maximum Gasteiger partial charge on any atom is 0.416 e. The summed E-state index contributed by atoms with van der Waals surface area (Å²) >= 11 is 0. The van der Waals surface area contributed by atoms with Gasteiger partial charge in [-0.05, 0) is 43.7 Å². The number of carbonyl (C=O) groups excluding carboxylic acids is 4. The topological polar surface area (TPSA) is 101 Å². The Morgan fingerprint density at radius 1 is 1.06 bits per heavy atom. The summed E-state index contributed by atoms with van der Waals surface area (Å²) in [4.78, 5) is 65.0. The number of halogens is 4. The monoisotopic (exact) mass is 659 g/mol. The molecule has 252 valence electrons. The number of rotatable bonds is 8. The number of likely N-dealkylation sites (tertiary alicyclic amines) is 1. The van der Waals surface area contributed by atoms with Gasteiger partial charge in [-0.2, -0.15) is 13.2 Å². The molecule has 2 aromatic rings. The van der Waals surface area contributed by atoms with Gasteiger partial charge in [-0.25, -0.2) is 9.37 Å². The fourth-order valence-electron chi connectivity index (χ4n) is 6.35. The van der Waals surface area contributed by atoms with Crippen LogP contribution in [0.4, 0.5) is 34.8 Å². The Morgan fingerprint density at radius 3 is 2.38 bits per heavy atom. The Balaban J connectivity index is 1.27. The van der Waals surface area contributed by atoms with Crippen molar-refractivity contribution >= 4 is 40.8 Å². The predicted molar refractivity (Wildman–Crippen MR) is 166 cm³/mol. The first-order valence-electron chi connectivity index (χ1n) is 15.3. The van der Waals surface area contributed by atoms with Gasteiger partial charge in [-0.3, -0.25) is 29.0 Å². The first kappa shape index (κ1) is 33.8. The van der Waals surface area contributed by atoms with Crippen molar-refractivity contribution in [2.45, 2.75) is 38.0 Å². The van der Waals surface area contributed by atoms with Crippen molar-refractivity contribution in [3.63, 3.8) is 0 Å². The molecule has 0 spiro atoms. The van der Waals surface area contributed by atoms with E-state index in [4.69, 9.17) is 0 Å². The van der Waals surface area contributed by atoms with E-state index in [-0.39, 0.29) is 60.1 Å². The van der Waals surface area contributed by atoms with Crippen LogP contribution in [0.15, 0.2) is 43.0 Å². The van der Waals surface area contributed by atoms with E-state index in [0.29, 0.717) is 39.3 Å². The summed E-state index contributed by atoms with van der Waals surface area (Å²) in [6.45, 7) is 8.14. The molecule has 0 saturated carbocycles. The van der Waals surface area contributed by atoms with Crippen LogP contribution < -0.4 is 14.7 Å². The number of anilines is 3. The van der Waals surface area contributed by atoms with Gasteiger partial charge < -0.3 is 19.6 Å². The summed E-state index contributed by atoms with van der Waals surface area (Å²) in [6, 6.07) is 4.78. The Kier molecular flexibility index (Phi) is 9.57. The molecule has 0 unspecified atom stereocenters. The van der Waals surface area contributed by atoms with Crippen LogP contribution in [0.2, 0.25) is 0 Å². The molecule has 1 aromatic heterocycles. The second kappa shape index (κ2) is 13.3. The van der Waals surface area contributed by atoms with Gasteiger partial charge in [0.05, 0.1) is 23.5 Å². The second-order valence-electron chi connectivity index (χ2n) is 12.1. The van der Waals surface area contributed by atoms with Crippen molar-refractivity contribution in [1.29, 1.82) is 0 Å². The molecule has 3 aliphatic heterocycles. The molecule has 5 rings (SSSR count). The molecule has 1 atom stereocenters. The highest BCUT2D eigenvalue weighted by molar-refractivity contribution is 6.09. The smallest absolute Gasteiger partial charge is 0.361 e. The van der Waals surface area contributed by atoms with Gasteiger partial charge in [-0.15, -0.1) is 0 Å². The zero-order valence-electron chi connectivity index (χ0n) is 26.5. The van der Waals surface area contributed by atoms with E-state index in [9.17, 15) is 32.3 Å². The van der Waals surface area contributed by atoms with Gasteiger partial charge in [0, 0.05) is 71.5 Å². The highest BCUT2D eigenvalue weighted by atomic mass is 19.4. The number of piperazine rings is 1. The van der Waals surface area contributed by atoms with Crippen molar-refractivity contribution in [2.75, 3.05) is 74.6 Å². The molecule has 11 nitrogen and oxygen atoms in total. The van der Waals surface area contributed by atoms with Crippen LogP contribution in [0.5, 0.6) is 0 Å². The Bertz CT molecular complexity index is 1570. The average Bonchev–Trinajstić information content (AvgIpc) is 3.39. The maximum atomic E-state index is 15.4. The highest BCUT2D eigenvalue weighted by Gasteiger charge is 2.42. The van der Waals surface area contributed by atoms with Crippen molar-refractivity contribution in [1.82, 2.24) is 19.7 Å². The minimum atomic E-state index is -4.68. The summed E-state index contributed by atoms with van der Waals surface area (Å²) in [7, 11) is 2.93. The summed E-state index contributed by atoms with van der Waals surface area (Å²) in [5, 5.41) is 0. The summed E-state index contributed by atoms with van der Waals surface area (Å²) in [6.07, 6.45) is -3.43. The number of carbonyl (C=O) groups is 4. The minimum Gasteiger partial charge on any atom is -0.361 e. The number of para-hydroxylation sites is 1. The van der Waals surface area contributed by atoms with E-state index in [2.05, 4.69) is 16.5 Å². The molecule has 3 saturated heterocycles. The van der Waals surface area contributed by atoms with Crippen LogP contribution in [0.25, 0.3) is 0 Å². The summed E-state index contributed by atoms with van der Waals surface area (Å²) in [5.41, 5.74) is -0.843. The third-order valence-corrected chi connectivity index (χ3v) is 8.95. The fourth-order valence-corrected chi connectivity index (χ4v) is 6.35. The molecule has 4 amide bonds. The maximum absolute atomic E-state index is 15.4. The van der Waals surface area contributed by atoms with E-state index in [1.54, 1.807) is 9.80 Å². The Morgan fingerprint density at radius 2 is 1.74 bits per heavy atom. The lowest BCUT2D eigenvalue weighted by Crippen LogP contribution is -2.64. The van der Waals surface area contributed by atoms with Crippen LogP contribution >= 0.6 is 0 Å². The number of pyridine rings is 1. The largest absolute Gasteiger partial charge is 0.416 e. The van der Waals surface area contributed by atoms with E-state index in [0.717, 1.165) is 21.9 Å². The van der Waals surface area contributed by atoms with Crippen molar-refractivity contribution < 1.29 is 36.7 Å². The van der Waals surface area contributed by atoms with Gasteiger partial charge >= 0.3 is 6.18 Å². The van der Waals surface area contributed by atoms with Crippen LogP contribution in [0.1, 0.15) is 24.1 Å². The molecule has 0 aliphatic carbocycles. The number of hydrogen-bond donors (Lipinski definition) is 0. The van der Waals surface area contributed by atoms with Gasteiger partial charge in [0.25, 0.3) is 0 Å². The van der Waals surface area contributed by atoms with E-state index >= 15 is 4.39 Å². The van der Waals surface area contributed by atoms with Gasteiger partial charge in [0.15, 0.2) is 0 Å². The molecule has 1 aromatic carbocycles. The molecule has 3 fully saturated rings. The molecule has 3 aliphatic rings. The molecule has 0 radical (unpaired) electrons. The van der Waals surface area contributed by atoms with E-state index in [1.165, 1.54) is 50.2 Å². The standard InChI is InChI=1S/C32H37F4N7O4/c1-5-27(44)42-17-22(18-42)40-11-13-41(14-12-40)29(46)19-38(3)30-23(33)7-6-8-24(30)39(4)31(47)25-9-10-28(45)43(25)26-16-21(32(34,35)36)15-20(2)37-26/h5-8,15-16,22,25H,1,9-14,17-19H2,2-4H3/t25-/m0/s1. The highest BCUT2D eigenvalue weighted by Crippen LogP contribution is 2.36. The first-order chi connectivity index (χ1) is 22.2. The van der Waals surface area contributed by atoms with Crippen LogP contribution in [-0.4, -0.2) is 115 Å². The summed E-state index contributed by atoms with van der Waals surface area (Å²) in [5.74, 6) is -2.49. The van der Waals surface area contributed by atoms with E-state index in [1.807, 2.05) is 0 Å². The quantitative estimate of drug-likeness (QED) is 0.318. The van der Waals surface area contributed by atoms with Crippen LogP contribution in [0, 0.1) is 12.7 Å². The normalized spacial score (nSPS) is 19.1. The SMILES string of the molecule is C=CC(=O)N1CC(N2CCN(C(=O)CN(C)c3c(F)cccc3N(C)C(=O)[C@@H]3CCC(=O)N3c3cc(C(F)(F)F)cc(C)n3)CC2)C1. The number of alkyl halides is 3. The van der Waals surface area contributed by atoms with Crippen molar-refractivity contribution in [3.05, 3.63) is 60.1 Å². The number of amides is 4. The van der Waals surface area contributed by atoms with Crippen molar-refractivity contribution in [2.24, 2.45) is 0 Å². The molecule has 4 heterocycles.